The molecule has 0 saturated heterocycles. The quantitative estimate of drug-likeness (QED) is 0.328. The van der Waals surface area contributed by atoms with Crippen molar-refractivity contribution in [2.45, 2.75) is 13.1 Å². The molecule has 4 aromatic rings. The third-order valence-corrected chi connectivity index (χ3v) is 5.42. The number of hydrogen-bond acceptors (Lipinski definition) is 3. The third-order valence-electron chi connectivity index (χ3n) is 5.42. The summed E-state index contributed by atoms with van der Waals surface area (Å²) in [5.74, 6) is -0.572. The first-order valence-electron chi connectivity index (χ1n) is 10.8. The molecule has 0 saturated carbocycles. The van der Waals surface area contributed by atoms with Gasteiger partial charge in [-0.15, -0.1) is 0 Å². The zero-order valence-electron chi connectivity index (χ0n) is 17.9. The molecule has 0 aliphatic heterocycles. The molecule has 32 heavy (non-hydrogen) atoms. The van der Waals surface area contributed by atoms with E-state index in [0.717, 1.165) is 26.8 Å². The molecular formula is C28H26NO3+. The molecule has 0 spiro atoms. The van der Waals surface area contributed by atoms with Crippen molar-refractivity contribution in [2.75, 3.05) is 13.2 Å². The number of esters is 1. The summed E-state index contributed by atoms with van der Waals surface area (Å²) in [5.41, 5.74) is 2.85. The maximum absolute atomic E-state index is 12.6. The van der Waals surface area contributed by atoms with Gasteiger partial charge in [-0.05, 0) is 16.8 Å². The summed E-state index contributed by atoms with van der Waals surface area (Å²) in [6.07, 6.45) is 0. The third kappa shape index (κ3) is 5.90. The predicted molar refractivity (Wildman–Crippen MR) is 125 cm³/mol. The highest BCUT2D eigenvalue weighted by atomic mass is 16.5. The van der Waals surface area contributed by atoms with Crippen molar-refractivity contribution >= 4 is 22.5 Å². The lowest BCUT2D eigenvalue weighted by atomic mass is 10.0. The Hall–Kier alpha value is -3.76. The van der Waals surface area contributed by atoms with Gasteiger partial charge in [0.05, 0.1) is 0 Å². The standard InChI is InChI=1S/C28H25NO3/c30-27(26-16-15-24-13-7-8-14-25(24)17-26)21-32-28(31)20-29(18-22-9-3-1-4-10-22)19-23-11-5-2-6-12-23/h1-17H,18-21H2/p+1. The van der Waals surface area contributed by atoms with Gasteiger partial charge in [-0.1, -0.05) is 97.1 Å². The van der Waals surface area contributed by atoms with Crippen molar-refractivity contribution in [2.24, 2.45) is 0 Å². The topological polar surface area (TPSA) is 47.8 Å². The molecule has 4 nitrogen and oxygen atoms in total. The number of ketones is 1. The molecule has 4 aromatic carbocycles. The second-order valence-electron chi connectivity index (χ2n) is 7.90. The zero-order chi connectivity index (χ0) is 22.2. The van der Waals surface area contributed by atoms with Crippen LogP contribution in [0, 0.1) is 0 Å². The summed E-state index contributed by atoms with van der Waals surface area (Å²) in [4.78, 5) is 26.2. The van der Waals surface area contributed by atoms with E-state index in [9.17, 15) is 9.59 Å². The highest BCUT2D eigenvalue weighted by molar-refractivity contribution is 6.01. The minimum absolute atomic E-state index is 0.189. The molecule has 4 heteroatoms. The number of ether oxygens (including phenoxy) is 1. The second-order valence-corrected chi connectivity index (χ2v) is 7.90. The fourth-order valence-corrected chi connectivity index (χ4v) is 3.80. The lowest BCUT2D eigenvalue weighted by Gasteiger charge is -2.19. The normalized spacial score (nSPS) is 10.9. The first-order chi connectivity index (χ1) is 15.7. The van der Waals surface area contributed by atoms with Crippen LogP contribution in [0.5, 0.6) is 0 Å². The Balaban J connectivity index is 1.37. The van der Waals surface area contributed by atoms with Gasteiger partial charge >= 0.3 is 5.97 Å². The molecule has 0 bridgehead atoms. The fourth-order valence-electron chi connectivity index (χ4n) is 3.80. The van der Waals surface area contributed by atoms with Gasteiger partial charge in [0, 0.05) is 16.7 Å². The lowest BCUT2D eigenvalue weighted by Crippen LogP contribution is -3.10. The van der Waals surface area contributed by atoms with Gasteiger partial charge in [-0.25, -0.2) is 4.79 Å². The number of fused-ring (bicyclic) bond motifs is 1. The summed E-state index contributed by atoms with van der Waals surface area (Å²) in [5, 5.41) is 2.06. The van der Waals surface area contributed by atoms with E-state index in [1.54, 1.807) is 6.07 Å². The molecule has 0 aromatic heterocycles. The van der Waals surface area contributed by atoms with Crippen LogP contribution in [0.25, 0.3) is 10.8 Å². The highest BCUT2D eigenvalue weighted by Crippen LogP contribution is 2.16. The van der Waals surface area contributed by atoms with Crippen molar-refractivity contribution in [1.29, 1.82) is 0 Å². The molecule has 0 aliphatic carbocycles. The number of Topliss-reactive ketones (excluding diaryl/α,β-unsaturated/α-hetero) is 1. The van der Waals surface area contributed by atoms with Crippen LogP contribution in [0.1, 0.15) is 21.5 Å². The molecule has 0 atom stereocenters. The maximum atomic E-state index is 12.6. The van der Waals surface area contributed by atoms with Crippen LogP contribution in [0.4, 0.5) is 0 Å². The number of quaternary nitrogens is 1. The van der Waals surface area contributed by atoms with E-state index in [-0.39, 0.29) is 24.9 Å². The molecule has 0 amide bonds. The van der Waals surface area contributed by atoms with Crippen LogP contribution < -0.4 is 4.90 Å². The van der Waals surface area contributed by atoms with E-state index >= 15 is 0 Å². The molecular weight excluding hydrogens is 398 g/mol. The van der Waals surface area contributed by atoms with E-state index in [1.165, 1.54) is 0 Å². The van der Waals surface area contributed by atoms with E-state index in [0.29, 0.717) is 18.7 Å². The Morgan fingerprint density at radius 3 is 1.84 bits per heavy atom. The van der Waals surface area contributed by atoms with Crippen LogP contribution in [-0.2, 0) is 22.6 Å². The fraction of sp³-hybridized carbons (Fsp3) is 0.143. The second kappa shape index (κ2) is 10.5. The smallest absolute Gasteiger partial charge is 0.362 e. The number of hydrogen-bond donors (Lipinski definition) is 1. The Kier molecular flexibility index (Phi) is 7.05. The van der Waals surface area contributed by atoms with Crippen LogP contribution in [-0.4, -0.2) is 24.9 Å². The Morgan fingerprint density at radius 2 is 1.22 bits per heavy atom. The van der Waals surface area contributed by atoms with Gasteiger partial charge in [0.25, 0.3) is 0 Å². The molecule has 0 radical (unpaired) electrons. The monoisotopic (exact) mass is 424 g/mol. The molecule has 0 aliphatic rings. The summed E-state index contributed by atoms with van der Waals surface area (Å²) >= 11 is 0. The van der Waals surface area contributed by atoms with Crippen LogP contribution in [0.3, 0.4) is 0 Å². The van der Waals surface area contributed by atoms with Crippen molar-refractivity contribution in [3.8, 4) is 0 Å². The SMILES string of the molecule is O=C(C[NH+](Cc1ccccc1)Cc1ccccc1)OCC(=O)c1ccc2ccccc2c1. The van der Waals surface area contributed by atoms with E-state index < -0.39 is 0 Å². The van der Waals surface area contributed by atoms with Gasteiger partial charge in [-0.2, -0.15) is 0 Å². The number of carbonyl (C=O) groups excluding carboxylic acids is 2. The van der Waals surface area contributed by atoms with Gasteiger partial charge in [0.1, 0.15) is 13.1 Å². The van der Waals surface area contributed by atoms with Crippen LogP contribution in [0.2, 0.25) is 0 Å². The van der Waals surface area contributed by atoms with Crippen molar-refractivity contribution in [3.63, 3.8) is 0 Å². The number of rotatable bonds is 9. The Bertz CT molecular complexity index is 1150. The van der Waals surface area contributed by atoms with Crippen molar-refractivity contribution < 1.29 is 19.2 Å². The van der Waals surface area contributed by atoms with Gasteiger partial charge in [-0.3, -0.25) is 4.79 Å². The van der Waals surface area contributed by atoms with Gasteiger partial charge < -0.3 is 9.64 Å². The average Bonchev–Trinajstić information content (AvgIpc) is 2.83. The maximum Gasteiger partial charge on any atom is 0.362 e. The summed E-state index contributed by atoms with van der Waals surface area (Å²) in [6, 6.07) is 33.6. The largest absolute Gasteiger partial charge is 0.453 e. The minimum atomic E-state index is -0.374. The van der Waals surface area contributed by atoms with Crippen molar-refractivity contribution in [3.05, 3.63) is 120 Å². The molecule has 0 fully saturated rings. The first kappa shape index (κ1) is 21.5. The van der Waals surface area contributed by atoms with E-state index in [2.05, 4.69) is 24.3 Å². The summed E-state index contributed by atoms with van der Waals surface area (Å²) in [7, 11) is 0. The van der Waals surface area contributed by atoms with Crippen LogP contribution in [0.15, 0.2) is 103 Å². The summed E-state index contributed by atoms with van der Waals surface area (Å²) < 4.78 is 5.37. The first-order valence-corrected chi connectivity index (χ1v) is 10.8. The summed E-state index contributed by atoms with van der Waals surface area (Å²) in [6.45, 7) is 1.34. The van der Waals surface area contributed by atoms with Crippen molar-refractivity contribution in [1.82, 2.24) is 0 Å². The van der Waals surface area contributed by atoms with Crippen LogP contribution >= 0.6 is 0 Å². The Morgan fingerprint density at radius 1 is 0.656 bits per heavy atom. The van der Waals surface area contributed by atoms with Gasteiger partial charge in [0.15, 0.2) is 18.9 Å². The predicted octanol–water partition coefficient (Wildman–Crippen LogP) is 3.85. The number of benzene rings is 4. The van der Waals surface area contributed by atoms with Gasteiger partial charge in [0.2, 0.25) is 0 Å². The number of carbonyl (C=O) groups is 2. The van der Waals surface area contributed by atoms with E-state index in [4.69, 9.17) is 4.74 Å². The average molecular weight is 425 g/mol. The van der Waals surface area contributed by atoms with E-state index in [1.807, 2.05) is 72.8 Å². The highest BCUT2D eigenvalue weighted by Gasteiger charge is 2.18. The molecule has 0 heterocycles. The zero-order valence-corrected chi connectivity index (χ0v) is 17.9. The number of nitrogens with one attached hydrogen (secondary N) is 1. The molecule has 1 N–H and O–H groups in total. The molecule has 4 rings (SSSR count). The molecule has 0 unspecified atom stereocenters. The lowest BCUT2D eigenvalue weighted by molar-refractivity contribution is -0.920. The molecule has 160 valence electrons. The minimum Gasteiger partial charge on any atom is -0.453 e. The Labute approximate surface area is 188 Å².